The van der Waals surface area contributed by atoms with E-state index in [0.29, 0.717) is 17.0 Å². The van der Waals surface area contributed by atoms with Crippen LogP contribution in [0.25, 0.3) is 0 Å². The Kier molecular flexibility index (Phi) is 6.22. The predicted molar refractivity (Wildman–Crippen MR) is 121 cm³/mol. The molecule has 4 nitrogen and oxygen atoms in total. The molecule has 0 aromatic heterocycles. The fourth-order valence-corrected chi connectivity index (χ4v) is 3.98. The van der Waals surface area contributed by atoms with Gasteiger partial charge >= 0.3 is 6.36 Å². The number of aliphatic imine (C=N–C) groups is 1. The summed E-state index contributed by atoms with van der Waals surface area (Å²) in [5, 5.41) is 0. The number of alkyl halides is 3. The van der Waals surface area contributed by atoms with Crippen molar-refractivity contribution in [3.05, 3.63) is 95.6 Å². The Labute approximate surface area is 190 Å². The van der Waals surface area contributed by atoms with Gasteiger partial charge in [0.05, 0.1) is 12.1 Å². The summed E-state index contributed by atoms with van der Waals surface area (Å²) in [6.45, 7) is 3.86. The monoisotopic (exact) mass is 452 g/mol. The van der Waals surface area contributed by atoms with Gasteiger partial charge in [-0.3, -0.25) is 14.7 Å². The van der Waals surface area contributed by atoms with Crippen molar-refractivity contribution in [1.82, 2.24) is 0 Å². The summed E-state index contributed by atoms with van der Waals surface area (Å²) in [5.74, 6) is -0.576. The first-order valence-corrected chi connectivity index (χ1v) is 10.6. The molecule has 170 valence electrons. The Morgan fingerprint density at radius 2 is 1.70 bits per heavy atom. The Morgan fingerprint density at radius 3 is 2.36 bits per heavy atom. The van der Waals surface area contributed by atoms with Crippen LogP contribution in [-0.2, 0) is 4.79 Å². The predicted octanol–water partition coefficient (Wildman–Crippen LogP) is 6.57. The van der Waals surface area contributed by atoms with Crippen LogP contribution >= 0.6 is 0 Å². The second-order valence-electron chi connectivity index (χ2n) is 8.01. The van der Waals surface area contributed by atoms with Crippen molar-refractivity contribution in [2.75, 3.05) is 4.90 Å². The highest BCUT2D eigenvalue weighted by atomic mass is 19.4. The van der Waals surface area contributed by atoms with E-state index in [9.17, 15) is 18.0 Å². The number of hydrogen-bond acceptors (Lipinski definition) is 3. The lowest BCUT2D eigenvalue weighted by Crippen LogP contribution is -2.29. The van der Waals surface area contributed by atoms with Gasteiger partial charge in [-0.15, -0.1) is 13.2 Å². The summed E-state index contributed by atoms with van der Waals surface area (Å²) in [6, 6.07) is 22.1. The molecule has 0 spiro atoms. The van der Waals surface area contributed by atoms with Gasteiger partial charge in [0.1, 0.15) is 11.5 Å². The molecule has 0 radical (unpaired) electrons. The van der Waals surface area contributed by atoms with Gasteiger partial charge < -0.3 is 4.74 Å². The van der Waals surface area contributed by atoms with E-state index < -0.39 is 12.4 Å². The third-order valence-corrected chi connectivity index (χ3v) is 5.58. The van der Waals surface area contributed by atoms with E-state index in [1.54, 1.807) is 11.0 Å². The largest absolute Gasteiger partial charge is 0.573 e. The second-order valence-corrected chi connectivity index (χ2v) is 8.01. The number of halogens is 3. The maximum Gasteiger partial charge on any atom is 0.573 e. The Morgan fingerprint density at radius 1 is 1.00 bits per heavy atom. The summed E-state index contributed by atoms with van der Waals surface area (Å²) < 4.78 is 42.4. The number of carbonyl (C=O) groups is 1. The number of ether oxygens (including phenoxy) is 1. The van der Waals surface area contributed by atoms with Gasteiger partial charge in [-0.2, -0.15) is 0 Å². The van der Waals surface area contributed by atoms with Gasteiger partial charge in [-0.25, -0.2) is 0 Å². The van der Waals surface area contributed by atoms with Crippen LogP contribution in [0.15, 0.2) is 83.9 Å². The van der Waals surface area contributed by atoms with E-state index >= 15 is 0 Å². The normalized spacial score (nSPS) is 18.6. The molecular weight excluding hydrogens is 429 g/mol. The molecule has 1 aliphatic rings. The average Bonchev–Trinajstić information content (AvgIpc) is 3.10. The van der Waals surface area contributed by atoms with Gasteiger partial charge in [-0.05, 0) is 49.2 Å². The lowest BCUT2D eigenvalue weighted by Gasteiger charge is -2.25. The smallest absolute Gasteiger partial charge is 0.406 e. The average molecular weight is 452 g/mol. The van der Waals surface area contributed by atoms with Crippen LogP contribution in [0.3, 0.4) is 0 Å². The van der Waals surface area contributed by atoms with Crippen LogP contribution in [0, 0.1) is 6.92 Å². The van der Waals surface area contributed by atoms with Crippen molar-refractivity contribution in [2.45, 2.75) is 38.7 Å². The van der Waals surface area contributed by atoms with Gasteiger partial charge in [0, 0.05) is 12.1 Å². The van der Waals surface area contributed by atoms with Gasteiger partial charge in [0.15, 0.2) is 0 Å². The summed E-state index contributed by atoms with van der Waals surface area (Å²) in [4.78, 5) is 19.7. The highest BCUT2D eigenvalue weighted by molar-refractivity contribution is 6.46. The zero-order valence-corrected chi connectivity index (χ0v) is 18.2. The van der Waals surface area contributed by atoms with Crippen molar-refractivity contribution in [3.63, 3.8) is 0 Å². The number of amides is 1. The molecule has 3 aromatic rings. The number of anilines is 1. The molecule has 2 atom stereocenters. The molecule has 0 saturated carbocycles. The fraction of sp³-hybridized carbons (Fsp3) is 0.231. The molecule has 3 aromatic carbocycles. The molecule has 0 aliphatic carbocycles. The molecule has 1 heterocycles. The number of nitrogens with zero attached hydrogens (tertiary/aromatic N) is 2. The standard InChI is InChI=1S/C26H23F3N2O2/c1-17-11-13-21(14-12-17)31-24(20-9-6-10-22(15-20)33-26(27,28)29)16-23(25(31)32)30-18(2)19-7-4-3-5-8-19/h3-15,18,24H,16H2,1-2H3/t18-,24-/m1/s1. The van der Waals surface area contributed by atoms with Crippen molar-refractivity contribution in [1.29, 1.82) is 0 Å². The molecule has 1 aliphatic heterocycles. The minimum atomic E-state index is -4.79. The fourth-order valence-electron chi connectivity index (χ4n) is 3.98. The quantitative estimate of drug-likeness (QED) is 0.439. The van der Waals surface area contributed by atoms with Crippen molar-refractivity contribution in [3.8, 4) is 5.75 Å². The molecule has 0 N–H and O–H groups in total. The van der Waals surface area contributed by atoms with E-state index in [1.165, 1.54) is 18.2 Å². The third-order valence-electron chi connectivity index (χ3n) is 5.58. The van der Waals surface area contributed by atoms with Crippen molar-refractivity contribution in [2.24, 2.45) is 4.99 Å². The van der Waals surface area contributed by atoms with Crippen LogP contribution < -0.4 is 9.64 Å². The van der Waals surface area contributed by atoms with E-state index in [2.05, 4.69) is 4.74 Å². The topological polar surface area (TPSA) is 41.9 Å². The number of benzene rings is 3. The zero-order valence-electron chi connectivity index (χ0n) is 18.2. The molecule has 1 saturated heterocycles. The minimum Gasteiger partial charge on any atom is -0.406 e. The van der Waals surface area contributed by atoms with E-state index in [0.717, 1.165) is 11.1 Å². The molecule has 1 fully saturated rings. The SMILES string of the molecule is Cc1ccc(N2C(=O)C(=N[C@H](C)c3ccccc3)C[C@@H]2c2cccc(OC(F)(F)F)c2)cc1. The molecule has 7 heteroatoms. The lowest BCUT2D eigenvalue weighted by atomic mass is 10.0. The summed E-state index contributed by atoms with van der Waals surface area (Å²) in [7, 11) is 0. The summed E-state index contributed by atoms with van der Waals surface area (Å²) >= 11 is 0. The van der Waals surface area contributed by atoms with Gasteiger partial charge in [0.25, 0.3) is 5.91 Å². The Balaban J connectivity index is 1.72. The molecule has 1 amide bonds. The van der Waals surface area contributed by atoms with Crippen LogP contribution in [0.4, 0.5) is 18.9 Å². The first-order valence-electron chi connectivity index (χ1n) is 10.6. The molecule has 0 unspecified atom stereocenters. The van der Waals surface area contributed by atoms with Gasteiger partial charge in [-0.1, -0.05) is 60.2 Å². The number of hydrogen-bond donors (Lipinski definition) is 0. The maximum atomic E-state index is 13.4. The zero-order chi connectivity index (χ0) is 23.6. The van der Waals surface area contributed by atoms with Crippen LogP contribution in [0.5, 0.6) is 5.75 Å². The molecular formula is C26H23F3N2O2. The Bertz CT molecular complexity index is 1160. The maximum absolute atomic E-state index is 13.4. The number of rotatable bonds is 5. The van der Waals surface area contributed by atoms with E-state index in [1.807, 2.05) is 68.4 Å². The molecule has 0 bridgehead atoms. The van der Waals surface area contributed by atoms with Crippen molar-refractivity contribution >= 4 is 17.3 Å². The van der Waals surface area contributed by atoms with E-state index in [-0.39, 0.29) is 24.1 Å². The van der Waals surface area contributed by atoms with Crippen LogP contribution in [0.2, 0.25) is 0 Å². The second kappa shape index (κ2) is 9.10. The van der Waals surface area contributed by atoms with Gasteiger partial charge in [0.2, 0.25) is 0 Å². The van der Waals surface area contributed by atoms with Crippen LogP contribution in [0.1, 0.15) is 42.1 Å². The van der Waals surface area contributed by atoms with Crippen LogP contribution in [-0.4, -0.2) is 18.0 Å². The summed E-state index contributed by atoms with van der Waals surface area (Å²) in [6.07, 6.45) is -4.52. The third kappa shape index (κ3) is 5.25. The highest BCUT2D eigenvalue weighted by Gasteiger charge is 2.39. The van der Waals surface area contributed by atoms with Crippen molar-refractivity contribution < 1.29 is 22.7 Å². The molecule has 33 heavy (non-hydrogen) atoms. The summed E-state index contributed by atoms with van der Waals surface area (Å²) in [5.41, 5.74) is 3.61. The first-order chi connectivity index (χ1) is 15.7. The number of aryl methyl sites for hydroxylation is 1. The highest BCUT2D eigenvalue weighted by Crippen LogP contribution is 2.38. The first kappa shape index (κ1) is 22.6. The lowest BCUT2D eigenvalue weighted by molar-refractivity contribution is -0.274. The van der Waals surface area contributed by atoms with E-state index in [4.69, 9.17) is 4.99 Å². The Hall–Kier alpha value is -3.61. The number of carbonyl (C=O) groups excluding carboxylic acids is 1. The molecule has 4 rings (SSSR count). The minimum absolute atomic E-state index is 0.233.